The number of nitrogens with one attached hydrogen (secondary N) is 1. The maximum Gasteiger partial charge on any atom is 0.190 e. The third-order valence-electron chi connectivity index (χ3n) is 2.82. The zero-order valence-electron chi connectivity index (χ0n) is 13.0. The van der Waals surface area contributed by atoms with Crippen LogP contribution in [0.5, 0.6) is 5.75 Å². The average molecular weight is 317 g/mol. The normalized spacial score (nSPS) is 11.1. The zero-order valence-corrected chi connectivity index (χ0v) is 13.9. The lowest BCUT2D eigenvalue weighted by atomic mass is 10.1. The van der Waals surface area contributed by atoms with Crippen LogP contribution in [-0.4, -0.2) is 24.7 Å². The molecule has 0 atom stereocenters. The molecule has 0 aliphatic rings. The molecule has 21 heavy (non-hydrogen) atoms. The van der Waals surface area contributed by atoms with Crippen molar-refractivity contribution in [2.24, 2.45) is 5.92 Å². The topological polar surface area (TPSA) is 21.3 Å². The van der Waals surface area contributed by atoms with Crippen molar-refractivity contribution in [2.75, 3.05) is 24.7 Å². The van der Waals surface area contributed by atoms with Gasteiger partial charge in [-0.05, 0) is 48.1 Å². The molecule has 1 rings (SSSR count). The lowest BCUT2D eigenvalue weighted by molar-refractivity contribution is 0.285. The molecule has 0 radical (unpaired) electrons. The van der Waals surface area contributed by atoms with E-state index in [-0.39, 0.29) is 5.75 Å². The summed E-state index contributed by atoms with van der Waals surface area (Å²) in [5.41, 5.74) is 0.597. The molecule has 1 aromatic rings. The van der Waals surface area contributed by atoms with Crippen molar-refractivity contribution in [1.82, 2.24) is 5.32 Å². The third kappa shape index (κ3) is 7.14. The van der Waals surface area contributed by atoms with E-state index in [1.165, 1.54) is 12.1 Å². The molecule has 0 saturated carbocycles. The van der Waals surface area contributed by atoms with E-state index in [0.717, 1.165) is 24.5 Å². The van der Waals surface area contributed by atoms with Crippen molar-refractivity contribution in [2.45, 2.75) is 33.7 Å². The molecular weight excluding hydrogens is 292 g/mol. The second-order valence-corrected chi connectivity index (χ2v) is 6.71. The largest absolute Gasteiger partial charge is 0.488 e. The molecule has 0 amide bonds. The Morgan fingerprint density at radius 3 is 2.48 bits per heavy atom. The Hall–Kier alpha value is -0.810. The summed E-state index contributed by atoms with van der Waals surface area (Å²) in [5.74, 6) is 0.976. The van der Waals surface area contributed by atoms with Crippen molar-refractivity contribution in [3.8, 4) is 5.75 Å². The third-order valence-corrected chi connectivity index (χ3v) is 3.81. The Morgan fingerprint density at radius 1 is 1.24 bits per heavy atom. The van der Waals surface area contributed by atoms with Crippen LogP contribution in [0.4, 0.5) is 8.78 Å². The summed E-state index contributed by atoms with van der Waals surface area (Å²) in [4.78, 5) is 0. The second-order valence-electron chi connectivity index (χ2n) is 5.31. The van der Waals surface area contributed by atoms with Gasteiger partial charge >= 0.3 is 0 Å². The summed E-state index contributed by atoms with van der Waals surface area (Å²) in [6.45, 7) is 7.86. The molecule has 0 aromatic heterocycles. The fraction of sp³-hybridized carbons (Fsp3) is 0.625. The van der Waals surface area contributed by atoms with E-state index in [0.29, 0.717) is 24.6 Å². The van der Waals surface area contributed by atoms with Crippen molar-refractivity contribution in [3.63, 3.8) is 0 Å². The Balaban J connectivity index is 2.50. The first-order valence-electron chi connectivity index (χ1n) is 7.43. The van der Waals surface area contributed by atoms with Crippen molar-refractivity contribution in [3.05, 3.63) is 29.3 Å². The van der Waals surface area contributed by atoms with Crippen LogP contribution in [0.2, 0.25) is 0 Å². The average Bonchev–Trinajstić information content (AvgIpc) is 2.40. The van der Waals surface area contributed by atoms with Crippen LogP contribution in [-0.2, 0) is 6.54 Å². The molecule has 120 valence electrons. The second kappa shape index (κ2) is 10.0. The highest BCUT2D eigenvalue weighted by atomic mass is 32.2. The molecule has 1 aromatic carbocycles. The maximum absolute atomic E-state index is 13.9. The first kappa shape index (κ1) is 18.2. The van der Waals surface area contributed by atoms with Gasteiger partial charge in [-0.25, -0.2) is 8.78 Å². The van der Waals surface area contributed by atoms with Crippen molar-refractivity contribution in [1.29, 1.82) is 0 Å². The van der Waals surface area contributed by atoms with E-state index in [9.17, 15) is 8.78 Å². The van der Waals surface area contributed by atoms with Gasteiger partial charge in [0.2, 0.25) is 0 Å². The number of hydrogen-bond acceptors (Lipinski definition) is 3. The number of hydrogen-bond donors (Lipinski definition) is 1. The first-order chi connectivity index (χ1) is 10.0. The lowest BCUT2D eigenvalue weighted by Crippen LogP contribution is -2.19. The van der Waals surface area contributed by atoms with E-state index >= 15 is 0 Å². The van der Waals surface area contributed by atoms with Crippen LogP contribution in [0.15, 0.2) is 12.1 Å². The molecule has 0 aliphatic carbocycles. The lowest BCUT2D eigenvalue weighted by Gasteiger charge is -2.11. The molecule has 0 heterocycles. The van der Waals surface area contributed by atoms with Gasteiger partial charge in [-0.3, -0.25) is 0 Å². The number of ether oxygens (including phenoxy) is 1. The molecule has 2 nitrogen and oxygen atoms in total. The molecule has 5 heteroatoms. The Kier molecular flexibility index (Phi) is 8.69. The minimum Gasteiger partial charge on any atom is -0.488 e. The summed E-state index contributed by atoms with van der Waals surface area (Å²) >= 11 is 1.79. The zero-order chi connectivity index (χ0) is 15.7. The number of benzene rings is 1. The van der Waals surface area contributed by atoms with Crippen LogP contribution < -0.4 is 10.1 Å². The highest BCUT2D eigenvalue weighted by Gasteiger charge is 2.12. The van der Waals surface area contributed by atoms with Crippen LogP contribution >= 0.6 is 11.8 Å². The molecule has 0 bridgehead atoms. The van der Waals surface area contributed by atoms with E-state index in [4.69, 9.17) is 4.74 Å². The quantitative estimate of drug-likeness (QED) is 0.652. The smallest absolute Gasteiger partial charge is 0.190 e. The van der Waals surface area contributed by atoms with Crippen LogP contribution in [0.25, 0.3) is 0 Å². The fourth-order valence-corrected chi connectivity index (χ4v) is 2.45. The summed E-state index contributed by atoms with van der Waals surface area (Å²) in [6.07, 6.45) is 0.787. The number of halogens is 2. The molecule has 1 N–H and O–H groups in total. The fourth-order valence-electron chi connectivity index (χ4n) is 1.84. The molecule has 0 saturated heterocycles. The van der Waals surface area contributed by atoms with Gasteiger partial charge in [-0.2, -0.15) is 11.8 Å². The van der Waals surface area contributed by atoms with E-state index in [2.05, 4.69) is 26.1 Å². The van der Waals surface area contributed by atoms with Gasteiger partial charge < -0.3 is 10.1 Å². The van der Waals surface area contributed by atoms with Gasteiger partial charge in [0.1, 0.15) is 0 Å². The SMILES string of the molecule is CCSCCCOc1c(F)cc(CNCC(C)C)cc1F. The summed E-state index contributed by atoms with van der Waals surface area (Å²) < 4.78 is 33.0. The molecule has 0 unspecified atom stereocenters. The van der Waals surface area contributed by atoms with Crippen molar-refractivity contribution >= 4 is 11.8 Å². The Labute approximate surface area is 130 Å². The van der Waals surface area contributed by atoms with Crippen LogP contribution in [0, 0.1) is 17.6 Å². The van der Waals surface area contributed by atoms with Gasteiger partial charge in [0.05, 0.1) is 6.61 Å². The van der Waals surface area contributed by atoms with Crippen LogP contribution in [0.3, 0.4) is 0 Å². The van der Waals surface area contributed by atoms with Gasteiger partial charge in [0.25, 0.3) is 0 Å². The van der Waals surface area contributed by atoms with Gasteiger partial charge in [-0.1, -0.05) is 20.8 Å². The molecule has 0 fully saturated rings. The standard InChI is InChI=1S/C16H25F2NOS/c1-4-21-7-5-6-20-16-14(17)8-13(9-15(16)18)11-19-10-12(2)3/h8-9,12,19H,4-7,10-11H2,1-3H3. The van der Waals surface area contributed by atoms with E-state index < -0.39 is 11.6 Å². The maximum atomic E-state index is 13.9. The highest BCUT2D eigenvalue weighted by molar-refractivity contribution is 7.99. The number of thioether (sulfide) groups is 1. The first-order valence-corrected chi connectivity index (χ1v) is 8.59. The number of rotatable bonds is 10. The predicted molar refractivity (Wildman–Crippen MR) is 86.0 cm³/mol. The minimum atomic E-state index is -0.625. The van der Waals surface area contributed by atoms with E-state index in [1.54, 1.807) is 11.8 Å². The summed E-state index contributed by atoms with van der Waals surface area (Å²) in [7, 11) is 0. The Bertz CT molecular complexity index is 404. The van der Waals surface area contributed by atoms with E-state index in [1.807, 2.05) is 0 Å². The monoisotopic (exact) mass is 317 g/mol. The van der Waals surface area contributed by atoms with Crippen molar-refractivity contribution < 1.29 is 13.5 Å². The summed E-state index contributed by atoms with van der Waals surface area (Å²) in [5, 5.41) is 3.16. The highest BCUT2D eigenvalue weighted by Crippen LogP contribution is 2.23. The minimum absolute atomic E-state index is 0.260. The summed E-state index contributed by atoms with van der Waals surface area (Å²) in [6, 6.07) is 2.68. The molecule has 0 aliphatic heterocycles. The van der Waals surface area contributed by atoms with Gasteiger partial charge in [0.15, 0.2) is 17.4 Å². The van der Waals surface area contributed by atoms with Crippen LogP contribution in [0.1, 0.15) is 32.8 Å². The Morgan fingerprint density at radius 2 is 1.90 bits per heavy atom. The van der Waals surface area contributed by atoms with Gasteiger partial charge in [0, 0.05) is 6.54 Å². The van der Waals surface area contributed by atoms with Gasteiger partial charge in [-0.15, -0.1) is 0 Å². The molecular formula is C16H25F2NOS. The predicted octanol–water partition coefficient (Wildman–Crippen LogP) is 4.23. The molecule has 0 spiro atoms.